The first-order valence-electron chi connectivity index (χ1n) is 5.25. The van der Waals surface area contributed by atoms with E-state index in [1.165, 1.54) is 0 Å². The SMILES string of the molecule is O=C(NCc1ncon1)NC1(C(=O)O)CCOC1. The molecule has 9 heteroatoms. The average Bonchev–Trinajstić information content (AvgIpc) is 2.97. The lowest BCUT2D eigenvalue weighted by Gasteiger charge is -2.23. The average molecular weight is 256 g/mol. The summed E-state index contributed by atoms with van der Waals surface area (Å²) >= 11 is 0. The molecular weight excluding hydrogens is 244 g/mol. The van der Waals surface area contributed by atoms with Crippen molar-refractivity contribution in [1.82, 2.24) is 20.8 Å². The summed E-state index contributed by atoms with van der Waals surface area (Å²) in [5, 5.41) is 17.4. The van der Waals surface area contributed by atoms with Gasteiger partial charge in [0.25, 0.3) is 0 Å². The molecule has 0 spiro atoms. The standard InChI is InChI=1S/C9H12N4O5/c14-7(15)9(1-2-17-4-9)12-8(16)10-3-6-11-5-18-13-6/h5H,1-4H2,(H,14,15)(H2,10,12,16). The number of carbonyl (C=O) groups is 2. The number of carbonyl (C=O) groups excluding carboxylic acids is 1. The monoisotopic (exact) mass is 256 g/mol. The fraction of sp³-hybridized carbons (Fsp3) is 0.556. The van der Waals surface area contributed by atoms with Gasteiger partial charge in [0.2, 0.25) is 6.39 Å². The maximum Gasteiger partial charge on any atom is 0.332 e. The van der Waals surface area contributed by atoms with Crippen molar-refractivity contribution >= 4 is 12.0 Å². The van der Waals surface area contributed by atoms with Gasteiger partial charge >= 0.3 is 12.0 Å². The molecule has 2 heterocycles. The minimum Gasteiger partial charge on any atom is -0.479 e. The Labute approximate surface area is 101 Å². The largest absolute Gasteiger partial charge is 0.479 e. The molecule has 2 rings (SSSR count). The lowest BCUT2D eigenvalue weighted by Crippen LogP contribution is -2.57. The predicted molar refractivity (Wildman–Crippen MR) is 55.5 cm³/mol. The van der Waals surface area contributed by atoms with E-state index in [9.17, 15) is 9.59 Å². The van der Waals surface area contributed by atoms with Crippen molar-refractivity contribution in [2.24, 2.45) is 0 Å². The predicted octanol–water partition coefficient (Wildman–Crippen LogP) is -0.887. The molecule has 2 amide bonds. The van der Waals surface area contributed by atoms with Crippen LogP contribution in [0.15, 0.2) is 10.9 Å². The van der Waals surface area contributed by atoms with Crippen molar-refractivity contribution < 1.29 is 24.0 Å². The first-order chi connectivity index (χ1) is 8.62. The number of nitrogens with one attached hydrogen (secondary N) is 2. The number of urea groups is 1. The van der Waals surface area contributed by atoms with Gasteiger partial charge in [-0.3, -0.25) is 0 Å². The van der Waals surface area contributed by atoms with Gasteiger partial charge in [-0.15, -0.1) is 0 Å². The summed E-state index contributed by atoms with van der Waals surface area (Å²) < 4.78 is 9.50. The van der Waals surface area contributed by atoms with Gasteiger partial charge in [0.1, 0.15) is 0 Å². The molecule has 9 nitrogen and oxygen atoms in total. The molecular formula is C9H12N4O5. The molecule has 1 aliphatic rings. The third kappa shape index (κ3) is 2.56. The highest BCUT2D eigenvalue weighted by Gasteiger charge is 2.43. The fourth-order valence-corrected chi connectivity index (χ4v) is 1.58. The van der Waals surface area contributed by atoms with Crippen LogP contribution in [0.4, 0.5) is 4.79 Å². The third-order valence-corrected chi connectivity index (χ3v) is 2.60. The van der Waals surface area contributed by atoms with Crippen molar-refractivity contribution in [2.75, 3.05) is 13.2 Å². The maximum absolute atomic E-state index is 11.6. The Bertz CT molecular complexity index is 426. The second-order valence-electron chi connectivity index (χ2n) is 3.84. The lowest BCUT2D eigenvalue weighted by atomic mass is 9.99. The molecule has 1 aromatic heterocycles. The fourth-order valence-electron chi connectivity index (χ4n) is 1.58. The van der Waals surface area contributed by atoms with E-state index in [2.05, 4.69) is 25.3 Å². The Morgan fingerprint density at radius 2 is 2.39 bits per heavy atom. The van der Waals surface area contributed by atoms with Gasteiger partial charge in [-0.05, 0) is 0 Å². The third-order valence-electron chi connectivity index (χ3n) is 2.60. The van der Waals surface area contributed by atoms with Crippen LogP contribution in [-0.2, 0) is 16.1 Å². The number of aliphatic carboxylic acids is 1. The van der Waals surface area contributed by atoms with Crippen LogP contribution in [0, 0.1) is 0 Å². The molecule has 0 radical (unpaired) electrons. The Morgan fingerprint density at radius 1 is 1.56 bits per heavy atom. The number of hydrogen-bond donors (Lipinski definition) is 3. The Balaban J connectivity index is 1.88. The Kier molecular flexibility index (Phi) is 3.42. The van der Waals surface area contributed by atoms with Gasteiger partial charge in [-0.1, -0.05) is 5.16 Å². The summed E-state index contributed by atoms with van der Waals surface area (Å²) in [5.74, 6) is -0.813. The Morgan fingerprint density at radius 3 is 2.94 bits per heavy atom. The number of carboxylic acids is 1. The van der Waals surface area contributed by atoms with E-state index in [1.54, 1.807) is 0 Å². The van der Waals surface area contributed by atoms with Crippen molar-refractivity contribution in [3.05, 3.63) is 12.2 Å². The van der Waals surface area contributed by atoms with Crippen LogP contribution in [0.2, 0.25) is 0 Å². The number of aromatic nitrogens is 2. The van der Waals surface area contributed by atoms with Crippen LogP contribution < -0.4 is 10.6 Å². The summed E-state index contributed by atoms with van der Waals surface area (Å²) in [6.45, 7) is 0.314. The molecule has 1 unspecified atom stereocenters. The minimum absolute atomic E-state index is 0.0437. The molecule has 0 bridgehead atoms. The number of rotatable bonds is 4. The van der Waals surface area contributed by atoms with Gasteiger partial charge in [0, 0.05) is 13.0 Å². The van der Waals surface area contributed by atoms with Crippen molar-refractivity contribution in [2.45, 2.75) is 18.5 Å². The highest BCUT2D eigenvalue weighted by atomic mass is 16.5. The first kappa shape index (κ1) is 12.3. The normalized spacial score (nSPS) is 22.7. The molecule has 0 saturated carbocycles. The molecule has 1 aromatic rings. The molecule has 98 valence electrons. The zero-order valence-electron chi connectivity index (χ0n) is 9.38. The Hall–Kier alpha value is -2.16. The van der Waals surface area contributed by atoms with Crippen LogP contribution in [0.1, 0.15) is 12.2 Å². The number of nitrogens with zero attached hydrogens (tertiary/aromatic N) is 2. The second kappa shape index (κ2) is 5.00. The molecule has 1 atom stereocenters. The summed E-state index contributed by atoms with van der Waals surface area (Å²) in [6, 6.07) is -0.618. The molecule has 0 aromatic carbocycles. The van der Waals surface area contributed by atoms with E-state index < -0.39 is 17.5 Å². The van der Waals surface area contributed by atoms with Gasteiger partial charge < -0.3 is 25.0 Å². The van der Waals surface area contributed by atoms with Gasteiger partial charge in [-0.2, -0.15) is 4.98 Å². The van der Waals surface area contributed by atoms with E-state index >= 15 is 0 Å². The molecule has 18 heavy (non-hydrogen) atoms. The summed E-state index contributed by atoms with van der Waals surface area (Å²) in [7, 11) is 0. The topological polar surface area (TPSA) is 127 Å². The first-order valence-corrected chi connectivity index (χ1v) is 5.25. The molecule has 1 fully saturated rings. The van der Waals surface area contributed by atoms with Crippen LogP contribution in [-0.4, -0.2) is 46.0 Å². The molecule has 1 aliphatic heterocycles. The number of carboxylic acid groups (broad SMARTS) is 1. The highest BCUT2D eigenvalue weighted by molar-refractivity contribution is 5.86. The molecule has 3 N–H and O–H groups in total. The van der Waals surface area contributed by atoms with E-state index in [4.69, 9.17) is 9.84 Å². The van der Waals surface area contributed by atoms with Gasteiger partial charge in [0.15, 0.2) is 11.4 Å². The van der Waals surface area contributed by atoms with Gasteiger partial charge in [0.05, 0.1) is 13.2 Å². The van der Waals surface area contributed by atoms with Gasteiger partial charge in [-0.25, -0.2) is 9.59 Å². The summed E-state index contributed by atoms with van der Waals surface area (Å²) in [6.07, 6.45) is 1.37. The van der Waals surface area contributed by atoms with E-state index in [1.807, 2.05) is 0 Å². The van der Waals surface area contributed by atoms with Crippen LogP contribution in [0.25, 0.3) is 0 Å². The van der Waals surface area contributed by atoms with E-state index in [0.717, 1.165) is 6.39 Å². The van der Waals surface area contributed by atoms with E-state index in [-0.39, 0.29) is 19.6 Å². The number of hydrogen-bond acceptors (Lipinski definition) is 6. The quantitative estimate of drug-likeness (QED) is 0.637. The van der Waals surface area contributed by atoms with Crippen molar-refractivity contribution in [3.63, 3.8) is 0 Å². The second-order valence-corrected chi connectivity index (χ2v) is 3.84. The van der Waals surface area contributed by atoms with Crippen LogP contribution in [0.5, 0.6) is 0 Å². The lowest BCUT2D eigenvalue weighted by molar-refractivity contribution is -0.144. The van der Waals surface area contributed by atoms with E-state index in [0.29, 0.717) is 12.4 Å². The number of ether oxygens (including phenoxy) is 1. The minimum atomic E-state index is -1.36. The summed E-state index contributed by atoms with van der Waals surface area (Å²) in [5.41, 5.74) is -1.36. The molecule has 1 saturated heterocycles. The van der Waals surface area contributed by atoms with Crippen molar-refractivity contribution in [3.8, 4) is 0 Å². The smallest absolute Gasteiger partial charge is 0.332 e. The highest BCUT2D eigenvalue weighted by Crippen LogP contribution is 2.18. The molecule has 0 aliphatic carbocycles. The van der Waals surface area contributed by atoms with Crippen molar-refractivity contribution in [1.29, 1.82) is 0 Å². The summed E-state index contributed by atoms with van der Waals surface area (Å²) in [4.78, 5) is 26.4. The zero-order chi connectivity index (χ0) is 13.0. The zero-order valence-corrected chi connectivity index (χ0v) is 9.38. The van der Waals surface area contributed by atoms with Crippen LogP contribution in [0.3, 0.4) is 0 Å². The van der Waals surface area contributed by atoms with Crippen LogP contribution >= 0.6 is 0 Å². The number of amides is 2. The maximum atomic E-state index is 11.6.